The molecule has 9 heteroatoms. The summed E-state index contributed by atoms with van der Waals surface area (Å²) in [5.74, 6) is -2.46. The molecule has 0 aromatic heterocycles. The van der Waals surface area contributed by atoms with E-state index in [4.69, 9.17) is 21.4 Å². The third-order valence-electron chi connectivity index (χ3n) is 3.32. The molecule has 2 rings (SSSR count). The van der Waals surface area contributed by atoms with Crippen LogP contribution < -0.4 is 10.1 Å². The van der Waals surface area contributed by atoms with Gasteiger partial charge >= 0.3 is 6.18 Å². The first-order valence-corrected chi connectivity index (χ1v) is 7.77. The number of alkyl halides is 3. The normalized spacial score (nSPS) is 12.5. The van der Waals surface area contributed by atoms with Crippen molar-refractivity contribution in [3.05, 3.63) is 64.4 Å². The summed E-state index contributed by atoms with van der Waals surface area (Å²) >= 11 is 5.79. The first-order valence-electron chi connectivity index (χ1n) is 7.40. The zero-order valence-electron chi connectivity index (χ0n) is 13.2. The van der Waals surface area contributed by atoms with Gasteiger partial charge in [-0.15, -0.1) is 0 Å². The minimum atomic E-state index is -4.90. The predicted octanol–water partition coefficient (Wildman–Crippen LogP) is 3.73. The van der Waals surface area contributed by atoms with Crippen molar-refractivity contribution >= 4 is 17.5 Å². The molecule has 0 bridgehead atoms. The Labute approximate surface area is 151 Å². The molecule has 26 heavy (non-hydrogen) atoms. The Hall–Kier alpha value is -2.32. The summed E-state index contributed by atoms with van der Waals surface area (Å²) in [6.07, 6.45) is -6.22. The Balaban J connectivity index is 2.35. The van der Waals surface area contributed by atoms with Crippen molar-refractivity contribution < 1.29 is 32.2 Å². The molecule has 2 N–H and O–H groups in total. The fourth-order valence-electron chi connectivity index (χ4n) is 2.11. The van der Waals surface area contributed by atoms with Crippen LogP contribution >= 0.6 is 11.6 Å². The summed E-state index contributed by atoms with van der Waals surface area (Å²) in [4.78, 5) is 12.3. The molecule has 0 saturated carbocycles. The largest absolute Gasteiger partial charge is 0.476 e. The molecule has 0 aliphatic rings. The maximum atomic E-state index is 13.4. The van der Waals surface area contributed by atoms with Crippen LogP contribution in [0.3, 0.4) is 0 Å². The second kappa shape index (κ2) is 8.37. The fraction of sp³-hybridized carbons (Fsp3) is 0.235. The average molecular weight is 392 g/mol. The zero-order chi connectivity index (χ0) is 19.3. The molecular weight excluding hydrogens is 378 g/mol. The second-order valence-electron chi connectivity index (χ2n) is 5.20. The third-order valence-corrected chi connectivity index (χ3v) is 3.57. The van der Waals surface area contributed by atoms with Crippen LogP contribution in [0.15, 0.2) is 42.5 Å². The number of amides is 1. The Morgan fingerprint density at radius 3 is 2.42 bits per heavy atom. The van der Waals surface area contributed by atoms with Crippen molar-refractivity contribution in [3.8, 4) is 5.75 Å². The summed E-state index contributed by atoms with van der Waals surface area (Å²) < 4.78 is 57.3. The molecule has 1 unspecified atom stereocenters. The lowest BCUT2D eigenvalue weighted by Crippen LogP contribution is -2.34. The molecule has 1 amide bonds. The summed E-state index contributed by atoms with van der Waals surface area (Å²) in [5, 5.41) is 11.6. The third kappa shape index (κ3) is 5.09. The smallest absolute Gasteiger partial charge is 0.419 e. The Morgan fingerprint density at radius 1 is 1.19 bits per heavy atom. The van der Waals surface area contributed by atoms with E-state index in [0.717, 1.165) is 6.07 Å². The van der Waals surface area contributed by atoms with Gasteiger partial charge in [-0.2, -0.15) is 13.2 Å². The van der Waals surface area contributed by atoms with E-state index in [1.807, 2.05) is 0 Å². The number of rotatable bonds is 6. The van der Waals surface area contributed by atoms with Crippen LogP contribution in [-0.2, 0) is 11.0 Å². The summed E-state index contributed by atoms with van der Waals surface area (Å²) in [7, 11) is 0. The van der Waals surface area contributed by atoms with Gasteiger partial charge in [-0.25, -0.2) is 4.39 Å². The number of nitrogens with one attached hydrogen (secondary N) is 1. The van der Waals surface area contributed by atoms with Gasteiger partial charge in [0.2, 0.25) is 6.10 Å². The van der Waals surface area contributed by atoms with E-state index in [-0.39, 0.29) is 18.9 Å². The number of hydrogen-bond acceptors (Lipinski definition) is 3. The number of ether oxygens (including phenoxy) is 1. The van der Waals surface area contributed by atoms with Crippen LogP contribution in [0.4, 0.5) is 17.6 Å². The van der Waals surface area contributed by atoms with Crippen molar-refractivity contribution in [3.63, 3.8) is 0 Å². The van der Waals surface area contributed by atoms with E-state index >= 15 is 0 Å². The molecule has 0 spiro atoms. The number of halogens is 5. The maximum Gasteiger partial charge on any atom is 0.419 e. The van der Waals surface area contributed by atoms with Crippen molar-refractivity contribution in [2.45, 2.75) is 12.3 Å². The Bertz CT molecular complexity index is 766. The first kappa shape index (κ1) is 20.0. The van der Waals surface area contributed by atoms with E-state index in [1.165, 1.54) is 24.3 Å². The highest BCUT2D eigenvalue weighted by Crippen LogP contribution is 2.34. The molecule has 2 aromatic rings. The summed E-state index contributed by atoms with van der Waals surface area (Å²) in [6, 6.07) is 8.00. The highest BCUT2D eigenvalue weighted by Gasteiger charge is 2.35. The molecular formula is C17H14ClF4NO3. The molecule has 4 nitrogen and oxygen atoms in total. The average Bonchev–Trinajstić information content (AvgIpc) is 2.59. The van der Waals surface area contributed by atoms with Gasteiger partial charge in [0.25, 0.3) is 5.91 Å². The maximum absolute atomic E-state index is 13.4. The molecule has 0 aliphatic carbocycles. The van der Waals surface area contributed by atoms with Crippen LogP contribution in [0.2, 0.25) is 5.02 Å². The minimum Gasteiger partial charge on any atom is -0.476 e. The SMILES string of the molecule is O=C(NCCO)C(Oc1ccc(F)c(C(F)(F)F)c1)c1ccc(Cl)cc1. The number of aliphatic hydroxyl groups excluding tert-OH is 1. The van der Waals surface area contributed by atoms with Crippen LogP contribution in [-0.4, -0.2) is 24.2 Å². The van der Waals surface area contributed by atoms with E-state index in [2.05, 4.69) is 5.32 Å². The van der Waals surface area contributed by atoms with Crippen molar-refractivity contribution in [1.82, 2.24) is 5.32 Å². The lowest BCUT2D eigenvalue weighted by Gasteiger charge is -2.20. The highest BCUT2D eigenvalue weighted by molar-refractivity contribution is 6.30. The number of carbonyl (C=O) groups is 1. The van der Waals surface area contributed by atoms with E-state index in [1.54, 1.807) is 0 Å². The molecule has 2 aromatic carbocycles. The monoisotopic (exact) mass is 391 g/mol. The van der Waals surface area contributed by atoms with Gasteiger partial charge in [-0.05, 0) is 30.3 Å². The van der Waals surface area contributed by atoms with E-state index < -0.39 is 29.6 Å². The van der Waals surface area contributed by atoms with Gasteiger partial charge in [0.15, 0.2) is 0 Å². The summed E-state index contributed by atoms with van der Waals surface area (Å²) in [5.41, 5.74) is -1.18. The second-order valence-corrected chi connectivity index (χ2v) is 5.64. The predicted molar refractivity (Wildman–Crippen MR) is 86.3 cm³/mol. The fourth-order valence-corrected chi connectivity index (χ4v) is 2.24. The number of hydrogen-bond donors (Lipinski definition) is 2. The van der Waals surface area contributed by atoms with Crippen LogP contribution in [0, 0.1) is 5.82 Å². The Morgan fingerprint density at radius 2 is 1.85 bits per heavy atom. The van der Waals surface area contributed by atoms with Crippen molar-refractivity contribution in [2.75, 3.05) is 13.2 Å². The lowest BCUT2D eigenvalue weighted by molar-refractivity contribution is -0.140. The summed E-state index contributed by atoms with van der Waals surface area (Å²) in [6.45, 7) is -0.392. The van der Waals surface area contributed by atoms with Crippen LogP contribution in [0.1, 0.15) is 17.2 Å². The molecule has 1 atom stereocenters. The zero-order valence-corrected chi connectivity index (χ0v) is 13.9. The first-order chi connectivity index (χ1) is 12.2. The Kier molecular flexibility index (Phi) is 6.44. The van der Waals surface area contributed by atoms with E-state index in [0.29, 0.717) is 22.7 Å². The number of benzene rings is 2. The minimum absolute atomic E-state index is 0.0660. The molecule has 140 valence electrons. The highest BCUT2D eigenvalue weighted by atomic mass is 35.5. The van der Waals surface area contributed by atoms with Crippen LogP contribution in [0.25, 0.3) is 0 Å². The van der Waals surface area contributed by atoms with Gasteiger partial charge in [0.05, 0.1) is 12.2 Å². The van der Waals surface area contributed by atoms with Gasteiger partial charge in [0, 0.05) is 17.1 Å². The van der Waals surface area contributed by atoms with Crippen molar-refractivity contribution in [2.24, 2.45) is 0 Å². The number of carbonyl (C=O) groups excluding carboxylic acids is 1. The van der Waals surface area contributed by atoms with Gasteiger partial charge in [-0.3, -0.25) is 4.79 Å². The van der Waals surface area contributed by atoms with Crippen molar-refractivity contribution in [1.29, 1.82) is 0 Å². The van der Waals surface area contributed by atoms with Gasteiger partial charge < -0.3 is 15.2 Å². The van der Waals surface area contributed by atoms with Gasteiger partial charge in [-0.1, -0.05) is 23.7 Å². The molecule has 0 aliphatic heterocycles. The standard InChI is InChI=1S/C17H14ClF4NO3/c18-11-3-1-10(2-4-11)15(16(25)23-7-8-24)26-12-5-6-14(19)13(9-12)17(20,21)22/h1-6,9,15,24H,7-8H2,(H,23,25). The van der Waals surface area contributed by atoms with Crippen LogP contribution in [0.5, 0.6) is 5.75 Å². The lowest BCUT2D eigenvalue weighted by atomic mass is 10.1. The molecule has 0 radical (unpaired) electrons. The molecule has 0 saturated heterocycles. The quantitative estimate of drug-likeness (QED) is 0.738. The number of aliphatic hydroxyl groups is 1. The van der Waals surface area contributed by atoms with Gasteiger partial charge in [0.1, 0.15) is 11.6 Å². The topological polar surface area (TPSA) is 58.6 Å². The molecule has 0 heterocycles. The van der Waals surface area contributed by atoms with E-state index in [9.17, 15) is 22.4 Å². The molecule has 0 fully saturated rings.